The van der Waals surface area contributed by atoms with Crippen molar-refractivity contribution in [3.63, 3.8) is 0 Å². The lowest BCUT2D eigenvalue weighted by Gasteiger charge is -2.13. The number of aryl methyl sites for hydroxylation is 1. The minimum atomic E-state index is -0.971. The van der Waals surface area contributed by atoms with Gasteiger partial charge in [0, 0.05) is 23.3 Å². The normalized spacial score (nSPS) is 11.7. The molecule has 3 aromatic rings. The predicted molar refractivity (Wildman–Crippen MR) is 95.6 cm³/mol. The van der Waals surface area contributed by atoms with Crippen molar-refractivity contribution < 1.29 is 5.11 Å². The van der Waals surface area contributed by atoms with E-state index < -0.39 is 5.60 Å². The molecule has 0 saturated carbocycles. The van der Waals surface area contributed by atoms with Gasteiger partial charge in [0.1, 0.15) is 5.60 Å². The largest absolute Gasteiger partial charge is 0.384 e. The van der Waals surface area contributed by atoms with Crippen LogP contribution >= 0.6 is 11.6 Å². The number of aromatic nitrogens is 3. The van der Waals surface area contributed by atoms with Crippen molar-refractivity contribution in [1.29, 1.82) is 0 Å². The van der Waals surface area contributed by atoms with Crippen LogP contribution in [-0.2, 0) is 12.0 Å². The van der Waals surface area contributed by atoms with Crippen molar-refractivity contribution in [3.05, 3.63) is 76.2 Å². The molecular weight excluding hydrogens is 322 g/mol. The molecule has 124 valence electrons. The van der Waals surface area contributed by atoms with Crippen LogP contribution in [0.1, 0.15) is 36.4 Å². The number of hydrogen-bond acceptors (Lipinski definition) is 3. The number of pyridine rings is 1. The van der Waals surface area contributed by atoms with E-state index in [-0.39, 0.29) is 0 Å². The highest BCUT2D eigenvalue weighted by molar-refractivity contribution is 6.30. The van der Waals surface area contributed by atoms with E-state index in [1.54, 1.807) is 18.5 Å². The van der Waals surface area contributed by atoms with Crippen molar-refractivity contribution in [2.45, 2.75) is 32.8 Å². The van der Waals surface area contributed by atoms with Gasteiger partial charge in [0.25, 0.3) is 0 Å². The van der Waals surface area contributed by atoms with E-state index >= 15 is 0 Å². The third-order valence-electron chi connectivity index (χ3n) is 3.76. The molecule has 0 spiro atoms. The minimum Gasteiger partial charge on any atom is -0.384 e. The zero-order valence-corrected chi connectivity index (χ0v) is 14.7. The van der Waals surface area contributed by atoms with Gasteiger partial charge in [0.15, 0.2) is 5.82 Å². The Morgan fingerprint density at radius 3 is 2.46 bits per heavy atom. The summed E-state index contributed by atoms with van der Waals surface area (Å²) in [6, 6.07) is 13.6. The van der Waals surface area contributed by atoms with Gasteiger partial charge >= 0.3 is 0 Å². The molecule has 0 fully saturated rings. The fraction of sp³-hybridized carbons (Fsp3) is 0.263. The third-order valence-corrected chi connectivity index (χ3v) is 4.01. The minimum absolute atomic E-state index is 0.616. The molecule has 0 aliphatic rings. The Hall–Kier alpha value is -2.17. The predicted octanol–water partition coefficient (Wildman–Crippen LogP) is 4.05. The van der Waals surface area contributed by atoms with E-state index in [1.165, 1.54) is 0 Å². The molecule has 0 unspecified atom stereocenters. The molecular formula is C19H20ClN3O. The lowest BCUT2D eigenvalue weighted by Crippen LogP contribution is -2.16. The van der Waals surface area contributed by atoms with E-state index in [0.29, 0.717) is 5.69 Å². The summed E-state index contributed by atoms with van der Waals surface area (Å²) in [5, 5.41) is 15.2. The molecule has 1 N–H and O–H groups in total. The summed E-state index contributed by atoms with van der Waals surface area (Å²) in [6.45, 7) is 5.47. The molecule has 0 aliphatic carbocycles. The highest BCUT2D eigenvalue weighted by Crippen LogP contribution is 2.19. The molecule has 0 aliphatic heterocycles. The Morgan fingerprint density at radius 2 is 1.83 bits per heavy atom. The molecule has 5 heteroatoms. The number of aliphatic hydroxyl groups is 1. The van der Waals surface area contributed by atoms with Crippen molar-refractivity contribution in [3.8, 4) is 5.82 Å². The molecule has 0 atom stereocenters. The second-order valence-electron chi connectivity index (χ2n) is 6.50. The summed E-state index contributed by atoms with van der Waals surface area (Å²) in [5.41, 5.74) is 2.88. The van der Waals surface area contributed by atoms with E-state index in [0.717, 1.165) is 34.1 Å². The fourth-order valence-electron chi connectivity index (χ4n) is 2.52. The smallest absolute Gasteiger partial charge is 0.153 e. The molecule has 4 nitrogen and oxygen atoms in total. The molecule has 3 rings (SSSR count). The summed E-state index contributed by atoms with van der Waals surface area (Å²) < 4.78 is 1.70. The topological polar surface area (TPSA) is 50.9 Å². The average Bonchev–Trinajstić information content (AvgIpc) is 2.99. The van der Waals surface area contributed by atoms with Crippen LogP contribution < -0.4 is 0 Å². The SMILES string of the molecule is Cc1cc(Cc2ccc(Cl)cc2)nc(-n2ccc(C(C)(C)O)n2)c1. The van der Waals surface area contributed by atoms with E-state index in [4.69, 9.17) is 16.6 Å². The van der Waals surface area contributed by atoms with Crippen LogP contribution in [0.2, 0.25) is 5.02 Å². The zero-order chi connectivity index (χ0) is 17.3. The quantitative estimate of drug-likeness (QED) is 0.779. The van der Waals surface area contributed by atoms with Crippen molar-refractivity contribution in [2.75, 3.05) is 0 Å². The molecule has 0 bridgehead atoms. The molecule has 24 heavy (non-hydrogen) atoms. The first kappa shape index (κ1) is 16.7. The lowest BCUT2D eigenvalue weighted by molar-refractivity contribution is 0.0734. The van der Waals surface area contributed by atoms with E-state index in [9.17, 15) is 5.11 Å². The number of nitrogens with zero attached hydrogens (tertiary/aromatic N) is 3. The van der Waals surface area contributed by atoms with Gasteiger partial charge in [0.2, 0.25) is 0 Å². The van der Waals surface area contributed by atoms with Crippen molar-refractivity contribution >= 4 is 11.6 Å². The maximum Gasteiger partial charge on any atom is 0.153 e. The summed E-state index contributed by atoms with van der Waals surface area (Å²) in [4.78, 5) is 4.70. The highest BCUT2D eigenvalue weighted by Gasteiger charge is 2.19. The van der Waals surface area contributed by atoms with Crippen LogP contribution in [0.5, 0.6) is 0 Å². The van der Waals surface area contributed by atoms with Gasteiger partial charge in [-0.15, -0.1) is 0 Å². The van der Waals surface area contributed by atoms with Crippen LogP contribution in [0.3, 0.4) is 0 Å². The Kier molecular flexibility index (Phi) is 4.43. The summed E-state index contributed by atoms with van der Waals surface area (Å²) in [6.07, 6.45) is 2.55. The zero-order valence-electron chi connectivity index (χ0n) is 14.0. The van der Waals surface area contributed by atoms with Crippen LogP contribution in [0, 0.1) is 6.92 Å². The van der Waals surface area contributed by atoms with Gasteiger partial charge in [-0.25, -0.2) is 9.67 Å². The second kappa shape index (κ2) is 6.38. The first-order valence-electron chi connectivity index (χ1n) is 7.82. The summed E-state index contributed by atoms with van der Waals surface area (Å²) >= 11 is 5.94. The van der Waals surface area contributed by atoms with Gasteiger partial charge in [-0.05, 0) is 62.2 Å². The van der Waals surface area contributed by atoms with Crippen molar-refractivity contribution in [1.82, 2.24) is 14.8 Å². The van der Waals surface area contributed by atoms with Gasteiger partial charge in [-0.2, -0.15) is 5.10 Å². The number of halogens is 1. The molecule has 2 aromatic heterocycles. The van der Waals surface area contributed by atoms with Gasteiger partial charge < -0.3 is 5.11 Å². The van der Waals surface area contributed by atoms with Gasteiger partial charge in [-0.3, -0.25) is 0 Å². The molecule has 0 saturated heterocycles. The second-order valence-corrected chi connectivity index (χ2v) is 6.94. The molecule has 1 aromatic carbocycles. The number of benzene rings is 1. The monoisotopic (exact) mass is 341 g/mol. The molecule has 0 radical (unpaired) electrons. The van der Waals surface area contributed by atoms with Crippen LogP contribution in [0.4, 0.5) is 0 Å². The maximum atomic E-state index is 10.1. The standard InChI is InChI=1S/C19H20ClN3O/c1-13-10-16(12-14-4-6-15(20)7-5-14)21-18(11-13)23-9-8-17(22-23)19(2,3)24/h4-11,24H,12H2,1-3H3. The lowest BCUT2D eigenvalue weighted by atomic mass is 10.1. The highest BCUT2D eigenvalue weighted by atomic mass is 35.5. The molecule has 0 amide bonds. The maximum absolute atomic E-state index is 10.1. The Balaban J connectivity index is 1.91. The summed E-state index contributed by atoms with van der Waals surface area (Å²) in [7, 11) is 0. The Labute approximate surface area is 146 Å². The van der Waals surface area contributed by atoms with Gasteiger partial charge in [0.05, 0.1) is 5.69 Å². The third kappa shape index (κ3) is 3.83. The van der Waals surface area contributed by atoms with Crippen LogP contribution in [-0.4, -0.2) is 19.9 Å². The summed E-state index contributed by atoms with van der Waals surface area (Å²) in [5.74, 6) is 0.745. The Bertz CT molecular complexity index is 848. The average molecular weight is 342 g/mol. The fourth-order valence-corrected chi connectivity index (χ4v) is 2.64. The number of rotatable bonds is 4. The van der Waals surface area contributed by atoms with Gasteiger partial charge in [-0.1, -0.05) is 23.7 Å². The van der Waals surface area contributed by atoms with E-state index in [1.807, 2.05) is 49.5 Å². The number of hydrogen-bond donors (Lipinski definition) is 1. The first-order valence-corrected chi connectivity index (χ1v) is 8.20. The van der Waals surface area contributed by atoms with Crippen molar-refractivity contribution in [2.24, 2.45) is 0 Å². The van der Waals surface area contributed by atoms with Crippen LogP contribution in [0.25, 0.3) is 5.82 Å². The van der Waals surface area contributed by atoms with Crippen LogP contribution in [0.15, 0.2) is 48.7 Å². The first-order chi connectivity index (χ1) is 11.3. The molecule has 2 heterocycles. The Morgan fingerprint density at radius 1 is 1.12 bits per heavy atom. The van der Waals surface area contributed by atoms with E-state index in [2.05, 4.69) is 11.2 Å².